The Hall–Kier alpha value is -0.220. The lowest BCUT2D eigenvalue weighted by atomic mass is 10.4. The molecule has 7 nitrogen and oxygen atoms in total. The molecule has 0 bridgehead atoms. The van der Waals surface area contributed by atoms with Gasteiger partial charge in [-0.3, -0.25) is 0 Å². The van der Waals surface area contributed by atoms with Crippen LogP contribution in [0.5, 0.6) is 0 Å². The second kappa shape index (κ2) is 6.91. The first-order valence-corrected chi connectivity index (χ1v) is 10.7. The van der Waals surface area contributed by atoms with Gasteiger partial charge in [0.25, 0.3) is 10.2 Å². The second-order valence-electron chi connectivity index (χ2n) is 5.82. The lowest BCUT2D eigenvalue weighted by molar-refractivity contribution is 0.368. The Morgan fingerprint density at radius 3 is 2.62 bits per heavy atom. The van der Waals surface area contributed by atoms with Gasteiger partial charge in [0.05, 0.1) is 11.5 Å². The topological polar surface area (TPSA) is 86.8 Å². The summed E-state index contributed by atoms with van der Waals surface area (Å²) in [6.45, 7) is 1.62. The van der Waals surface area contributed by atoms with Crippen molar-refractivity contribution in [2.45, 2.75) is 31.7 Å². The number of nitrogens with zero attached hydrogens (tertiary/aromatic N) is 2. The molecular formula is C12H25N3O4S2. The minimum atomic E-state index is -3.55. The van der Waals surface area contributed by atoms with Crippen LogP contribution in [0.1, 0.15) is 25.7 Å². The Labute approximate surface area is 127 Å². The van der Waals surface area contributed by atoms with Crippen molar-refractivity contribution < 1.29 is 16.8 Å². The lowest BCUT2D eigenvalue weighted by Crippen LogP contribution is -2.44. The highest BCUT2D eigenvalue weighted by molar-refractivity contribution is 7.91. The standard InChI is InChI=1S/C12H25N3O4S2/c1-14(7-2-6-13-12-4-5-12)21(18,19)15-8-3-10-20(16,17)11-9-15/h12-13H,2-11H2,1H3. The fourth-order valence-electron chi connectivity index (χ4n) is 2.35. The minimum absolute atomic E-state index is 0.0648. The normalized spacial score (nSPS) is 24.1. The number of hydrogen-bond acceptors (Lipinski definition) is 5. The van der Waals surface area contributed by atoms with Gasteiger partial charge >= 0.3 is 0 Å². The van der Waals surface area contributed by atoms with Crippen molar-refractivity contribution in [2.24, 2.45) is 0 Å². The molecule has 1 aliphatic heterocycles. The summed E-state index contributed by atoms with van der Waals surface area (Å²) >= 11 is 0. The summed E-state index contributed by atoms with van der Waals surface area (Å²) in [5.74, 6) is -0.00263. The van der Waals surface area contributed by atoms with Gasteiger partial charge in [0, 0.05) is 32.7 Å². The van der Waals surface area contributed by atoms with Gasteiger partial charge < -0.3 is 5.32 Å². The van der Waals surface area contributed by atoms with Crippen LogP contribution in [0.15, 0.2) is 0 Å². The van der Waals surface area contributed by atoms with Crippen LogP contribution in [0, 0.1) is 0 Å². The van der Waals surface area contributed by atoms with Crippen molar-refractivity contribution in [3.8, 4) is 0 Å². The van der Waals surface area contributed by atoms with E-state index in [9.17, 15) is 16.8 Å². The number of rotatable bonds is 7. The average Bonchev–Trinajstić information content (AvgIpc) is 3.22. The third kappa shape index (κ3) is 5.17. The lowest BCUT2D eigenvalue weighted by Gasteiger charge is -2.26. The summed E-state index contributed by atoms with van der Waals surface area (Å²) in [7, 11) is -5.08. The fourth-order valence-corrected chi connectivity index (χ4v) is 5.18. The van der Waals surface area contributed by atoms with E-state index in [2.05, 4.69) is 5.32 Å². The van der Waals surface area contributed by atoms with E-state index in [1.807, 2.05) is 0 Å². The summed E-state index contributed by atoms with van der Waals surface area (Å²) < 4.78 is 50.6. The van der Waals surface area contributed by atoms with Crippen LogP contribution in [0.2, 0.25) is 0 Å². The molecule has 0 radical (unpaired) electrons. The van der Waals surface area contributed by atoms with E-state index in [-0.39, 0.29) is 24.6 Å². The maximum Gasteiger partial charge on any atom is 0.281 e. The molecule has 2 fully saturated rings. The van der Waals surface area contributed by atoms with Gasteiger partial charge in [-0.25, -0.2) is 8.42 Å². The van der Waals surface area contributed by atoms with Crippen molar-refractivity contribution >= 4 is 20.0 Å². The van der Waals surface area contributed by atoms with E-state index in [0.717, 1.165) is 13.0 Å². The van der Waals surface area contributed by atoms with Crippen molar-refractivity contribution in [3.05, 3.63) is 0 Å². The first-order valence-electron chi connectivity index (χ1n) is 7.46. The Kier molecular flexibility index (Phi) is 5.64. The van der Waals surface area contributed by atoms with Crippen LogP contribution in [-0.2, 0) is 20.0 Å². The highest BCUT2D eigenvalue weighted by atomic mass is 32.2. The molecule has 1 N–H and O–H groups in total. The van der Waals surface area contributed by atoms with Crippen molar-refractivity contribution in [3.63, 3.8) is 0 Å². The number of hydrogen-bond donors (Lipinski definition) is 1. The quantitative estimate of drug-likeness (QED) is 0.628. The van der Waals surface area contributed by atoms with Crippen LogP contribution in [0.4, 0.5) is 0 Å². The Bertz CT molecular complexity index is 543. The molecule has 1 heterocycles. The zero-order chi connectivity index (χ0) is 15.5. The van der Waals surface area contributed by atoms with E-state index >= 15 is 0 Å². The van der Waals surface area contributed by atoms with Gasteiger partial charge in [0.2, 0.25) is 0 Å². The minimum Gasteiger partial charge on any atom is -0.314 e. The third-order valence-corrected chi connectivity index (χ3v) is 7.60. The van der Waals surface area contributed by atoms with Gasteiger partial charge in [-0.15, -0.1) is 0 Å². The second-order valence-corrected chi connectivity index (χ2v) is 10.2. The molecule has 2 aliphatic rings. The zero-order valence-corrected chi connectivity index (χ0v) is 14.1. The molecule has 0 aromatic heterocycles. The molecule has 0 unspecified atom stereocenters. The van der Waals surface area contributed by atoms with E-state index < -0.39 is 20.0 Å². The molecule has 2 rings (SSSR count). The average molecular weight is 339 g/mol. The van der Waals surface area contributed by atoms with Crippen molar-refractivity contribution in [1.82, 2.24) is 13.9 Å². The first-order chi connectivity index (χ1) is 9.81. The molecular weight excluding hydrogens is 314 g/mol. The molecule has 1 saturated carbocycles. The van der Waals surface area contributed by atoms with Crippen LogP contribution < -0.4 is 5.32 Å². The monoisotopic (exact) mass is 339 g/mol. The summed E-state index contributed by atoms with van der Waals surface area (Å²) in [6, 6.07) is 0.628. The van der Waals surface area contributed by atoms with Gasteiger partial charge in [-0.1, -0.05) is 0 Å². The highest BCUT2D eigenvalue weighted by Gasteiger charge is 2.30. The molecule has 21 heavy (non-hydrogen) atoms. The van der Waals surface area contributed by atoms with Crippen LogP contribution in [0.3, 0.4) is 0 Å². The number of nitrogens with one attached hydrogen (secondary N) is 1. The Morgan fingerprint density at radius 1 is 1.24 bits per heavy atom. The summed E-state index contributed by atoms with van der Waals surface area (Å²) in [6.07, 6.45) is 3.57. The van der Waals surface area contributed by atoms with E-state index in [1.54, 1.807) is 7.05 Å². The molecule has 0 aromatic rings. The van der Waals surface area contributed by atoms with Gasteiger partial charge in [0.15, 0.2) is 9.84 Å². The predicted molar refractivity (Wildman–Crippen MR) is 82.0 cm³/mol. The highest BCUT2D eigenvalue weighted by Crippen LogP contribution is 2.18. The molecule has 1 aliphatic carbocycles. The smallest absolute Gasteiger partial charge is 0.281 e. The SMILES string of the molecule is CN(CCCNC1CC1)S(=O)(=O)N1CCCS(=O)(=O)CC1. The Balaban J connectivity index is 1.83. The maximum atomic E-state index is 12.4. The van der Waals surface area contributed by atoms with Gasteiger partial charge in [0.1, 0.15) is 0 Å². The van der Waals surface area contributed by atoms with E-state index in [1.165, 1.54) is 21.5 Å². The molecule has 0 amide bonds. The van der Waals surface area contributed by atoms with E-state index in [4.69, 9.17) is 0 Å². The third-order valence-electron chi connectivity index (χ3n) is 3.89. The first kappa shape index (κ1) is 17.1. The van der Waals surface area contributed by atoms with Crippen molar-refractivity contribution in [2.75, 3.05) is 44.7 Å². The van der Waals surface area contributed by atoms with E-state index in [0.29, 0.717) is 19.0 Å². The summed E-state index contributed by atoms with van der Waals surface area (Å²) in [5.41, 5.74) is 0. The zero-order valence-electron chi connectivity index (χ0n) is 12.5. The summed E-state index contributed by atoms with van der Waals surface area (Å²) in [5, 5.41) is 3.35. The maximum absolute atomic E-state index is 12.4. The van der Waals surface area contributed by atoms with Gasteiger partial charge in [-0.05, 0) is 32.2 Å². The molecule has 0 spiro atoms. The molecule has 124 valence electrons. The molecule has 9 heteroatoms. The fraction of sp³-hybridized carbons (Fsp3) is 1.00. The van der Waals surface area contributed by atoms with Crippen LogP contribution in [-0.4, -0.2) is 76.2 Å². The van der Waals surface area contributed by atoms with Gasteiger partial charge in [-0.2, -0.15) is 17.0 Å². The molecule has 1 saturated heterocycles. The van der Waals surface area contributed by atoms with Crippen molar-refractivity contribution in [1.29, 1.82) is 0 Å². The summed E-state index contributed by atoms with van der Waals surface area (Å²) in [4.78, 5) is 0. The van der Waals surface area contributed by atoms with Crippen LogP contribution in [0.25, 0.3) is 0 Å². The Morgan fingerprint density at radius 2 is 1.95 bits per heavy atom. The molecule has 0 atom stereocenters. The van der Waals surface area contributed by atoms with Crippen LogP contribution >= 0.6 is 0 Å². The molecule has 0 aromatic carbocycles. The number of sulfone groups is 1. The predicted octanol–water partition coefficient (Wildman–Crippen LogP) is -0.574. The largest absolute Gasteiger partial charge is 0.314 e.